The molecule has 2 saturated heterocycles. The number of nitrogens with zero attached hydrogens (tertiary/aromatic N) is 5. The number of likely N-dealkylation sites (N-methyl/N-ethyl adjacent to an activating group) is 1. The molecule has 3 aromatic heterocycles. The molecule has 0 spiro atoms. The first kappa shape index (κ1) is 20.5. The van der Waals surface area contributed by atoms with Crippen molar-refractivity contribution in [2.45, 2.75) is 30.9 Å². The zero-order chi connectivity index (χ0) is 22.1. The Bertz CT molecular complexity index is 1130. The molecule has 1 amide bonds. The molecule has 5 rings (SSSR count). The number of amides is 1. The van der Waals surface area contributed by atoms with Crippen LogP contribution in [0.25, 0.3) is 22.8 Å². The fourth-order valence-corrected chi connectivity index (χ4v) is 3.99. The van der Waals surface area contributed by atoms with Gasteiger partial charge in [-0.1, -0.05) is 11.2 Å². The molecule has 1 atom stereocenters. The second kappa shape index (κ2) is 8.29. The van der Waals surface area contributed by atoms with Crippen LogP contribution in [0.2, 0.25) is 0 Å². The van der Waals surface area contributed by atoms with E-state index >= 15 is 0 Å². The van der Waals surface area contributed by atoms with Gasteiger partial charge in [0.05, 0.1) is 17.1 Å². The van der Waals surface area contributed by atoms with Gasteiger partial charge in [0.2, 0.25) is 11.5 Å². The lowest BCUT2D eigenvalue weighted by atomic mass is 9.98. The van der Waals surface area contributed by atoms with E-state index in [1.807, 2.05) is 12.1 Å². The topological polar surface area (TPSA) is 126 Å². The summed E-state index contributed by atoms with van der Waals surface area (Å²) in [6, 6.07) is 9.15. The van der Waals surface area contributed by atoms with Crippen LogP contribution in [0, 0.1) is 0 Å². The normalized spacial score (nSPS) is 21.8. The molecule has 3 aromatic rings. The van der Waals surface area contributed by atoms with Crippen molar-refractivity contribution in [2.24, 2.45) is 0 Å². The second-order valence-electron chi connectivity index (χ2n) is 8.12. The number of nitrogens with one attached hydrogen (secondary N) is 1. The van der Waals surface area contributed by atoms with Crippen molar-refractivity contribution in [3.05, 3.63) is 42.3 Å². The van der Waals surface area contributed by atoms with Crippen molar-refractivity contribution in [3.63, 3.8) is 0 Å². The van der Waals surface area contributed by atoms with Crippen molar-refractivity contribution >= 4 is 11.9 Å². The third-order valence-electron chi connectivity index (χ3n) is 5.91. The maximum Gasteiger partial charge on any atom is 0.262 e. The number of ether oxygens (including phenoxy) is 1. The van der Waals surface area contributed by atoms with Gasteiger partial charge in [0.25, 0.3) is 5.91 Å². The quantitative estimate of drug-likeness (QED) is 0.616. The highest BCUT2D eigenvalue weighted by Gasteiger charge is 2.48. The van der Waals surface area contributed by atoms with Gasteiger partial charge in [-0.15, -0.1) is 0 Å². The summed E-state index contributed by atoms with van der Waals surface area (Å²) in [4.78, 5) is 27.4. The van der Waals surface area contributed by atoms with Crippen molar-refractivity contribution < 1.29 is 19.2 Å². The first-order chi connectivity index (χ1) is 15.5. The van der Waals surface area contributed by atoms with Gasteiger partial charge in [-0.2, -0.15) is 0 Å². The first-order valence-corrected chi connectivity index (χ1v) is 10.6. The van der Waals surface area contributed by atoms with Crippen LogP contribution in [0.4, 0.5) is 5.95 Å². The molecule has 0 aliphatic carbocycles. The van der Waals surface area contributed by atoms with E-state index in [0.29, 0.717) is 35.3 Å². The Balaban J connectivity index is 1.38. The van der Waals surface area contributed by atoms with Crippen molar-refractivity contribution in [2.75, 3.05) is 32.1 Å². The largest absolute Gasteiger partial charge is 0.381 e. The molecular weight excluding hydrogens is 412 g/mol. The van der Waals surface area contributed by atoms with Crippen LogP contribution in [-0.2, 0) is 15.1 Å². The predicted octanol–water partition coefficient (Wildman–Crippen LogP) is 1.83. The number of pyridine rings is 1. The monoisotopic (exact) mass is 436 g/mol. The summed E-state index contributed by atoms with van der Waals surface area (Å²) in [5.74, 6) is 0.280. The van der Waals surface area contributed by atoms with Crippen LogP contribution in [0.3, 0.4) is 0 Å². The lowest BCUT2D eigenvalue weighted by molar-refractivity contribution is -0.144. The Kier molecular flexibility index (Phi) is 5.32. The summed E-state index contributed by atoms with van der Waals surface area (Å²) in [6.45, 7) is 1.92. The minimum absolute atomic E-state index is 0.124. The number of carbonyl (C=O) groups is 1. The summed E-state index contributed by atoms with van der Waals surface area (Å²) >= 11 is 0. The molecule has 2 aliphatic rings. The highest BCUT2D eigenvalue weighted by atomic mass is 16.5. The minimum Gasteiger partial charge on any atom is -0.381 e. The average Bonchev–Trinajstić information content (AvgIpc) is 3.43. The first-order valence-electron chi connectivity index (χ1n) is 10.6. The number of hydrogen-bond donors (Lipinski definition) is 2. The summed E-state index contributed by atoms with van der Waals surface area (Å²) in [5.41, 5.74) is 0.630. The summed E-state index contributed by atoms with van der Waals surface area (Å²) in [6.07, 6.45) is 3.79. The van der Waals surface area contributed by atoms with Crippen LogP contribution in [0.15, 0.2) is 41.1 Å². The van der Waals surface area contributed by atoms with Gasteiger partial charge in [-0.3, -0.25) is 4.79 Å². The Labute approximate surface area is 184 Å². The molecule has 0 aromatic carbocycles. The molecule has 32 heavy (non-hydrogen) atoms. The van der Waals surface area contributed by atoms with E-state index in [-0.39, 0.29) is 18.2 Å². The zero-order valence-electron chi connectivity index (χ0n) is 17.7. The third-order valence-corrected chi connectivity index (χ3v) is 5.91. The van der Waals surface area contributed by atoms with Gasteiger partial charge >= 0.3 is 0 Å². The molecule has 2 aliphatic heterocycles. The molecular formula is C22H24N6O4. The van der Waals surface area contributed by atoms with Crippen LogP contribution in [0.5, 0.6) is 0 Å². The number of anilines is 1. The van der Waals surface area contributed by atoms with Crippen LogP contribution >= 0.6 is 0 Å². The Morgan fingerprint density at radius 1 is 1.12 bits per heavy atom. The fraction of sp³-hybridized carbons (Fsp3) is 0.409. The van der Waals surface area contributed by atoms with Crippen LogP contribution in [-0.4, -0.2) is 68.9 Å². The predicted molar refractivity (Wildman–Crippen MR) is 114 cm³/mol. The van der Waals surface area contributed by atoms with Crippen LogP contribution in [0.1, 0.15) is 25.0 Å². The van der Waals surface area contributed by atoms with E-state index in [9.17, 15) is 9.90 Å². The molecule has 2 fully saturated rings. The van der Waals surface area contributed by atoms with Gasteiger partial charge in [-0.05, 0) is 31.0 Å². The lowest BCUT2D eigenvalue weighted by Gasteiger charge is -2.23. The zero-order valence-corrected chi connectivity index (χ0v) is 17.7. The Morgan fingerprint density at radius 2 is 1.88 bits per heavy atom. The number of aromatic nitrogens is 4. The van der Waals surface area contributed by atoms with Crippen LogP contribution < -0.4 is 5.32 Å². The summed E-state index contributed by atoms with van der Waals surface area (Å²) in [5, 5.41) is 18.2. The maximum absolute atomic E-state index is 12.3. The fourth-order valence-electron chi connectivity index (χ4n) is 3.99. The number of aliphatic hydroxyl groups is 1. The standard InChI is InChI=1S/C22H24N6O4/c1-28-10-8-22(30,20(28)29)19-13-18(27-32-19)16-4-2-3-15(25-16)17-5-9-23-21(26-17)24-14-6-11-31-12-7-14/h2-5,9,13-14,30H,6-8,10-12H2,1H3,(H,23,24,26). The molecule has 10 nitrogen and oxygen atoms in total. The van der Waals surface area contributed by atoms with Gasteiger partial charge in [-0.25, -0.2) is 15.0 Å². The number of carbonyl (C=O) groups excluding carboxylic acids is 1. The smallest absolute Gasteiger partial charge is 0.262 e. The van der Waals surface area contributed by atoms with E-state index in [2.05, 4.69) is 25.4 Å². The van der Waals surface area contributed by atoms with Crippen molar-refractivity contribution in [1.82, 2.24) is 25.0 Å². The van der Waals surface area contributed by atoms with Gasteiger partial charge in [0.15, 0.2) is 5.76 Å². The van der Waals surface area contributed by atoms with E-state index in [1.165, 1.54) is 4.90 Å². The molecule has 166 valence electrons. The SMILES string of the molecule is CN1CCC(O)(c2cc(-c3cccc(-c4ccnc(NC5CCOCC5)n4)n3)no2)C1=O. The van der Waals surface area contributed by atoms with E-state index in [0.717, 1.165) is 26.1 Å². The minimum atomic E-state index is -1.69. The molecule has 0 radical (unpaired) electrons. The van der Waals surface area contributed by atoms with Crippen molar-refractivity contribution in [3.8, 4) is 22.8 Å². The second-order valence-corrected chi connectivity index (χ2v) is 8.12. The number of rotatable bonds is 5. The van der Waals surface area contributed by atoms with Crippen molar-refractivity contribution in [1.29, 1.82) is 0 Å². The Hall–Kier alpha value is -3.37. The lowest BCUT2D eigenvalue weighted by Crippen LogP contribution is -2.35. The average molecular weight is 436 g/mol. The van der Waals surface area contributed by atoms with Gasteiger partial charge < -0.3 is 24.6 Å². The molecule has 0 saturated carbocycles. The number of hydrogen-bond acceptors (Lipinski definition) is 9. The molecule has 2 N–H and O–H groups in total. The van der Waals surface area contributed by atoms with E-state index in [1.54, 1.807) is 31.4 Å². The molecule has 10 heteroatoms. The van der Waals surface area contributed by atoms with E-state index < -0.39 is 11.5 Å². The summed E-state index contributed by atoms with van der Waals surface area (Å²) < 4.78 is 10.7. The summed E-state index contributed by atoms with van der Waals surface area (Å²) in [7, 11) is 1.65. The van der Waals surface area contributed by atoms with Gasteiger partial charge in [0, 0.05) is 51.5 Å². The maximum atomic E-state index is 12.3. The highest BCUT2D eigenvalue weighted by Crippen LogP contribution is 2.34. The van der Waals surface area contributed by atoms with E-state index in [4.69, 9.17) is 9.26 Å². The number of likely N-dealkylation sites (tertiary alicyclic amines) is 1. The Morgan fingerprint density at radius 3 is 2.62 bits per heavy atom. The third kappa shape index (κ3) is 3.82. The molecule has 0 bridgehead atoms. The molecule has 5 heterocycles. The van der Waals surface area contributed by atoms with Gasteiger partial charge in [0.1, 0.15) is 5.69 Å². The highest BCUT2D eigenvalue weighted by molar-refractivity contribution is 5.87. The molecule has 1 unspecified atom stereocenters.